The largest absolute Gasteiger partial charge is 0.493 e. The summed E-state index contributed by atoms with van der Waals surface area (Å²) in [6, 6.07) is 7.72. The summed E-state index contributed by atoms with van der Waals surface area (Å²) in [7, 11) is 3.30. The van der Waals surface area contributed by atoms with Crippen LogP contribution in [-0.4, -0.2) is 45.7 Å². The number of nitrogens with zero attached hydrogens (tertiary/aromatic N) is 5. The lowest BCUT2D eigenvalue weighted by Gasteiger charge is -2.37. The van der Waals surface area contributed by atoms with Crippen molar-refractivity contribution in [1.29, 1.82) is 0 Å². The van der Waals surface area contributed by atoms with E-state index in [1.807, 2.05) is 31.2 Å². The van der Waals surface area contributed by atoms with Crippen molar-refractivity contribution in [3.63, 3.8) is 0 Å². The van der Waals surface area contributed by atoms with Gasteiger partial charge in [-0.3, -0.25) is 0 Å². The van der Waals surface area contributed by atoms with Gasteiger partial charge in [-0.2, -0.15) is 10.2 Å². The quantitative estimate of drug-likeness (QED) is 0.475. The van der Waals surface area contributed by atoms with E-state index >= 15 is 0 Å². The van der Waals surface area contributed by atoms with Crippen molar-refractivity contribution < 1.29 is 9.47 Å². The van der Waals surface area contributed by atoms with Crippen molar-refractivity contribution in [3.8, 4) is 17.2 Å². The molecule has 32 heavy (non-hydrogen) atoms. The highest BCUT2D eigenvalue weighted by Gasteiger charge is 2.44. The lowest BCUT2D eigenvalue weighted by atomic mass is 9.97. The molecule has 0 saturated carbocycles. The highest BCUT2D eigenvalue weighted by molar-refractivity contribution is 6.32. The number of ether oxygens (including phenoxy) is 2. The van der Waals surface area contributed by atoms with E-state index < -0.39 is 5.54 Å². The van der Waals surface area contributed by atoms with Gasteiger partial charge < -0.3 is 19.4 Å². The molecule has 0 bridgehead atoms. The molecule has 2 aromatic carbocycles. The minimum atomic E-state index is -0.403. The number of imidazole rings is 1. The van der Waals surface area contributed by atoms with Crippen molar-refractivity contribution in [1.82, 2.24) is 25.0 Å². The molecule has 3 heterocycles. The Bertz CT molecular complexity index is 1290. The molecule has 0 unspecified atom stereocenters. The Morgan fingerprint density at radius 1 is 1.09 bits per heavy atom. The third-order valence-electron chi connectivity index (χ3n) is 6.40. The Labute approximate surface area is 191 Å². The van der Waals surface area contributed by atoms with Crippen LogP contribution in [0.3, 0.4) is 0 Å². The molecular formula is C23H25ClN6O2. The van der Waals surface area contributed by atoms with Crippen LogP contribution in [0.5, 0.6) is 11.5 Å². The van der Waals surface area contributed by atoms with Gasteiger partial charge in [-0.05, 0) is 56.5 Å². The number of aromatic nitrogens is 5. The van der Waals surface area contributed by atoms with Gasteiger partial charge in [0.1, 0.15) is 17.2 Å². The number of hydrogen-bond donors (Lipinski definition) is 1. The Hall–Kier alpha value is -3.26. The molecule has 4 aromatic rings. The number of rotatable bonds is 5. The second-order valence-electron chi connectivity index (χ2n) is 8.17. The zero-order chi connectivity index (χ0) is 22.5. The van der Waals surface area contributed by atoms with Gasteiger partial charge in [0.25, 0.3) is 0 Å². The topological polar surface area (TPSA) is 81.1 Å². The molecule has 1 atom stereocenters. The Morgan fingerprint density at radius 2 is 1.88 bits per heavy atom. The monoisotopic (exact) mass is 452 g/mol. The van der Waals surface area contributed by atoms with Crippen LogP contribution in [0.25, 0.3) is 16.7 Å². The molecule has 0 amide bonds. The average Bonchev–Trinajstić information content (AvgIpc) is 3.55. The van der Waals surface area contributed by atoms with E-state index in [9.17, 15) is 0 Å². The van der Waals surface area contributed by atoms with E-state index in [0.717, 1.165) is 53.2 Å². The van der Waals surface area contributed by atoms with Gasteiger partial charge in [0.05, 0.1) is 43.2 Å². The average molecular weight is 453 g/mol. The van der Waals surface area contributed by atoms with E-state index in [1.54, 1.807) is 31.4 Å². The SMILES string of the molecule is COc1ccc(-n2nccn2)c(N2CCC[C@@]2(C)c2nc3c(C)c(Cl)ccc3[nH]2)c1OC. The Morgan fingerprint density at radius 3 is 2.59 bits per heavy atom. The first kappa shape index (κ1) is 20.6. The summed E-state index contributed by atoms with van der Waals surface area (Å²) in [6.07, 6.45) is 5.25. The number of methoxy groups -OCH3 is 2. The number of fused-ring (bicyclic) bond motifs is 1. The van der Waals surface area contributed by atoms with Gasteiger partial charge in [-0.25, -0.2) is 4.98 Å². The lowest BCUT2D eigenvalue weighted by Crippen LogP contribution is -2.40. The van der Waals surface area contributed by atoms with Crippen molar-refractivity contribution in [2.45, 2.75) is 32.2 Å². The van der Waals surface area contributed by atoms with Gasteiger partial charge in [0, 0.05) is 11.6 Å². The zero-order valence-corrected chi connectivity index (χ0v) is 19.3. The molecule has 0 aliphatic carbocycles. The summed E-state index contributed by atoms with van der Waals surface area (Å²) < 4.78 is 11.5. The molecule has 1 aliphatic rings. The van der Waals surface area contributed by atoms with Crippen LogP contribution in [0.15, 0.2) is 36.7 Å². The number of benzene rings is 2. The first-order valence-corrected chi connectivity index (χ1v) is 10.9. The molecular weight excluding hydrogens is 428 g/mol. The zero-order valence-electron chi connectivity index (χ0n) is 18.5. The molecule has 1 fully saturated rings. The number of aryl methyl sites for hydroxylation is 1. The summed E-state index contributed by atoms with van der Waals surface area (Å²) in [5, 5.41) is 9.45. The van der Waals surface area contributed by atoms with Crippen LogP contribution in [0.2, 0.25) is 5.02 Å². The van der Waals surface area contributed by atoms with Gasteiger partial charge in [-0.15, -0.1) is 4.80 Å². The van der Waals surface area contributed by atoms with Crippen LogP contribution in [0, 0.1) is 6.92 Å². The first-order valence-electron chi connectivity index (χ1n) is 10.5. The van der Waals surface area contributed by atoms with Gasteiger partial charge >= 0.3 is 0 Å². The smallest absolute Gasteiger partial charge is 0.186 e. The molecule has 9 heteroatoms. The number of halogens is 1. The Kier molecular flexibility index (Phi) is 4.97. The lowest BCUT2D eigenvalue weighted by molar-refractivity contribution is 0.352. The van der Waals surface area contributed by atoms with E-state index in [-0.39, 0.29) is 0 Å². The fourth-order valence-electron chi connectivity index (χ4n) is 4.67. The van der Waals surface area contributed by atoms with Crippen LogP contribution in [-0.2, 0) is 5.54 Å². The van der Waals surface area contributed by atoms with Gasteiger partial charge in [0.2, 0.25) is 0 Å². The minimum absolute atomic E-state index is 0.403. The van der Waals surface area contributed by atoms with Crippen molar-refractivity contribution in [2.75, 3.05) is 25.7 Å². The van der Waals surface area contributed by atoms with Crippen LogP contribution < -0.4 is 14.4 Å². The van der Waals surface area contributed by atoms with E-state index in [1.165, 1.54) is 0 Å². The summed E-state index contributed by atoms with van der Waals surface area (Å²) >= 11 is 6.36. The van der Waals surface area contributed by atoms with Gasteiger partial charge in [0.15, 0.2) is 11.5 Å². The van der Waals surface area contributed by atoms with Crippen LogP contribution in [0.4, 0.5) is 5.69 Å². The van der Waals surface area contributed by atoms with Crippen LogP contribution >= 0.6 is 11.6 Å². The van der Waals surface area contributed by atoms with E-state index in [0.29, 0.717) is 16.5 Å². The maximum Gasteiger partial charge on any atom is 0.186 e. The highest BCUT2D eigenvalue weighted by atomic mass is 35.5. The summed E-state index contributed by atoms with van der Waals surface area (Å²) in [6.45, 7) is 5.02. The molecule has 5 rings (SSSR count). The summed E-state index contributed by atoms with van der Waals surface area (Å²) in [5.41, 5.74) is 4.13. The molecule has 0 spiro atoms. The fourth-order valence-corrected chi connectivity index (χ4v) is 4.83. The standard InChI is InChI=1S/C23H25ClN6O2/c1-14-15(24)6-7-16-19(14)28-22(27-16)23(2)10-5-13-29(23)20-17(30-25-11-12-26-30)8-9-18(31-3)21(20)32-4/h6-9,11-12H,5,10,13H2,1-4H3,(H,27,28)/t23-/m0/s1. The van der Waals surface area contributed by atoms with Gasteiger partial charge in [-0.1, -0.05) is 11.6 Å². The molecule has 166 valence electrons. The second-order valence-corrected chi connectivity index (χ2v) is 8.58. The van der Waals surface area contributed by atoms with E-state index in [4.69, 9.17) is 26.1 Å². The van der Waals surface area contributed by atoms with Crippen LogP contribution in [0.1, 0.15) is 31.2 Å². The number of nitrogens with one attached hydrogen (secondary N) is 1. The second kappa shape index (κ2) is 7.70. The maximum atomic E-state index is 6.36. The third kappa shape index (κ3) is 3.01. The molecule has 2 aromatic heterocycles. The predicted molar refractivity (Wildman–Crippen MR) is 124 cm³/mol. The normalized spacial score (nSPS) is 18.5. The highest BCUT2D eigenvalue weighted by Crippen LogP contribution is 2.49. The number of H-pyrrole nitrogens is 1. The van der Waals surface area contributed by atoms with E-state index in [2.05, 4.69) is 27.0 Å². The third-order valence-corrected chi connectivity index (χ3v) is 6.80. The number of anilines is 1. The summed E-state index contributed by atoms with van der Waals surface area (Å²) in [5.74, 6) is 2.19. The maximum absolute atomic E-state index is 6.36. The molecule has 1 aliphatic heterocycles. The predicted octanol–water partition coefficient (Wildman–Crippen LogP) is 4.64. The molecule has 1 N–H and O–H groups in total. The minimum Gasteiger partial charge on any atom is -0.493 e. The number of hydrogen-bond acceptors (Lipinski definition) is 6. The van der Waals surface area contributed by atoms with Crippen molar-refractivity contribution >= 4 is 28.3 Å². The molecule has 1 saturated heterocycles. The fraction of sp³-hybridized carbons (Fsp3) is 0.348. The van der Waals surface area contributed by atoms with Crippen molar-refractivity contribution in [3.05, 3.63) is 53.1 Å². The molecule has 0 radical (unpaired) electrons. The molecule has 8 nitrogen and oxygen atoms in total. The van der Waals surface area contributed by atoms with Crippen molar-refractivity contribution in [2.24, 2.45) is 0 Å². The summed E-state index contributed by atoms with van der Waals surface area (Å²) in [4.78, 5) is 12.5. The Balaban J connectivity index is 1.72. The number of aromatic amines is 1. The first-order chi connectivity index (χ1) is 15.5.